The second kappa shape index (κ2) is 40.7. The summed E-state index contributed by atoms with van der Waals surface area (Å²) in [5.74, 6) is 10.6. The van der Waals surface area contributed by atoms with Crippen molar-refractivity contribution < 1.29 is 47.7 Å². The van der Waals surface area contributed by atoms with E-state index in [-0.39, 0.29) is 165 Å². The molecule has 14 aliphatic rings. The molecular formula is C92H182O10. The summed E-state index contributed by atoms with van der Waals surface area (Å²) in [5.41, 5.74) is -2.29. The Hall–Kier alpha value is -2.65. The van der Waals surface area contributed by atoms with Crippen molar-refractivity contribution in [3.8, 4) is 0 Å². The molecule has 14 fully saturated rings. The van der Waals surface area contributed by atoms with E-state index in [1.807, 2.05) is 76.2 Å². The molecule has 0 aromatic heterocycles. The summed E-state index contributed by atoms with van der Waals surface area (Å²) < 4.78 is 29.9. The van der Waals surface area contributed by atoms with Gasteiger partial charge in [-0.25, -0.2) is 0 Å². The Kier molecular flexibility index (Phi) is 42.2. The van der Waals surface area contributed by atoms with E-state index < -0.39 is 0 Å². The first kappa shape index (κ1) is 106. The predicted octanol–water partition coefficient (Wildman–Crippen LogP) is 27.8. The van der Waals surface area contributed by atoms with Gasteiger partial charge in [-0.2, -0.15) is 0 Å². The molecule has 0 spiro atoms. The predicted molar refractivity (Wildman–Crippen MR) is 440 cm³/mol. The largest absolute Gasteiger partial charge is 0.459 e. The monoisotopic (exact) mass is 1450 g/mol. The lowest BCUT2D eigenvalue weighted by Crippen LogP contribution is -2.58. The molecule has 0 heterocycles. The highest BCUT2D eigenvalue weighted by Crippen LogP contribution is 2.65. The quantitative estimate of drug-likeness (QED) is 0.102. The van der Waals surface area contributed by atoms with Gasteiger partial charge in [-0.1, -0.05) is 149 Å². The molecule has 0 aromatic carbocycles. The second-order valence-electron chi connectivity index (χ2n) is 38.2. The van der Waals surface area contributed by atoms with Crippen molar-refractivity contribution in [3.63, 3.8) is 0 Å². The fourth-order valence-electron chi connectivity index (χ4n) is 19.6. The molecule has 610 valence electrons. The Morgan fingerprint density at radius 3 is 1.00 bits per heavy atom. The van der Waals surface area contributed by atoms with Crippen LogP contribution in [0.1, 0.15) is 420 Å². The van der Waals surface area contributed by atoms with E-state index in [9.17, 15) is 24.0 Å². The molecule has 102 heavy (non-hydrogen) atoms. The SMILES string of the molecule is C.C.C.C.C.C.C.C.C.C.CC(C)C(C)C(=O)OC1(C)C2CC3CC(C2)CC1C3.CCC(C)(C)C(=O)OC(C)(C)C12CC3CC(CC(C3)C1)C2.CCC(C)(C)C(=O)OC(C)(C)C1CCC(C)CC1.CCC(C)(C)C(=O)OC1(C)C2CC3CC(C2)CC1C3.CCC(C)(C)C(=O)OC1(C)CCCCC1. The van der Waals surface area contributed by atoms with Crippen LogP contribution in [0.25, 0.3) is 0 Å². The normalized spacial score (nSPS) is 32.4. The topological polar surface area (TPSA) is 132 Å². The lowest BCUT2D eigenvalue weighted by Gasteiger charge is -2.61. The zero-order valence-electron chi connectivity index (χ0n) is 63.7. The van der Waals surface area contributed by atoms with E-state index in [1.165, 1.54) is 148 Å². The number of carbonyl (C=O) groups is 5. The maximum Gasteiger partial charge on any atom is 0.312 e. The highest BCUT2D eigenvalue weighted by molar-refractivity contribution is 5.78. The number of hydrogen-bond donors (Lipinski definition) is 0. The highest BCUT2D eigenvalue weighted by Gasteiger charge is 2.61. The lowest BCUT2D eigenvalue weighted by molar-refractivity contribution is -0.211. The third-order valence-electron chi connectivity index (χ3n) is 28.5. The average Bonchev–Trinajstić information content (AvgIpc) is 0.740. The maximum absolute atomic E-state index is 12.6. The fraction of sp³-hybridized carbons (Fsp3) is 0.946. The molecule has 14 rings (SSSR count). The molecule has 0 saturated heterocycles. The van der Waals surface area contributed by atoms with E-state index in [4.69, 9.17) is 23.7 Å². The summed E-state index contributed by atoms with van der Waals surface area (Å²) >= 11 is 0. The zero-order chi connectivity index (χ0) is 68.6. The van der Waals surface area contributed by atoms with Gasteiger partial charge in [0.05, 0.1) is 27.6 Å². The van der Waals surface area contributed by atoms with Crippen LogP contribution in [0.4, 0.5) is 0 Å². The Morgan fingerprint density at radius 1 is 0.382 bits per heavy atom. The van der Waals surface area contributed by atoms with Crippen LogP contribution in [0.3, 0.4) is 0 Å². The number of hydrogen-bond acceptors (Lipinski definition) is 10. The molecule has 10 heteroatoms. The third-order valence-corrected chi connectivity index (χ3v) is 28.5. The summed E-state index contributed by atoms with van der Waals surface area (Å²) in [4.78, 5) is 61.6. The van der Waals surface area contributed by atoms with Crippen LogP contribution in [0, 0.1) is 116 Å². The first-order valence-corrected chi connectivity index (χ1v) is 38.7. The van der Waals surface area contributed by atoms with Crippen LogP contribution in [0.5, 0.6) is 0 Å². The molecule has 1 unspecified atom stereocenters. The summed E-state index contributed by atoms with van der Waals surface area (Å²) in [6.07, 6.45) is 35.4. The molecule has 14 saturated carbocycles. The molecule has 14 aliphatic carbocycles. The number of carbonyl (C=O) groups excluding carboxylic acids is 5. The summed E-state index contributed by atoms with van der Waals surface area (Å²) in [5, 5.41) is 0. The second-order valence-corrected chi connectivity index (χ2v) is 38.2. The smallest absolute Gasteiger partial charge is 0.312 e. The molecule has 0 amide bonds. The van der Waals surface area contributed by atoms with Gasteiger partial charge in [0, 0.05) is 5.41 Å². The van der Waals surface area contributed by atoms with Gasteiger partial charge in [-0.05, 0) is 354 Å². The minimum atomic E-state index is -0.362. The molecule has 0 aliphatic heterocycles. The minimum absolute atomic E-state index is 0. The van der Waals surface area contributed by atoms with Gasteiger partial charge in [-0.15, -0.1) is 0 Å². The molecule has 1 atom stereocenters. The van der Waals surface area contributed by atoms with Crippen molar-refractivity contribution in [1.29, 1.82) is 0 Å². The van der Waals surface area contributed by atoms with Crippen molar-refractivity contribution in [2.24, 2.45) is 116 Å². The molecule has 0 aromatic rings. The van der Waals surface area contributed by atoms with Gasteiger partial charge >= 0.3 is 29.8 Å². The Balaban J connectivity index is -0.000000577. The Labute approximate surface area is 637 Å². The van der Waals surface area contributed by atoms with Crippen LogP contribution in [0.2, 0.25) is 0 Å². The molecule has 12 bridgehead atoms. The summed E-state index contributed by atoms with van der Waals surface area (Å²) in [6.45, 7) is 47.7. The summed E-state index contributed by atoms with van der Waals surface area (Å²) in [7, 11) is 0. The lowest BCUT2D eigenvalue weighted by atomic mass is 9.46. The minimum Gasteiger partial charge on any atom is -0.459 e. The molecular weight excluding hydrogens is 1270 g/mol. The van der Waals surface area contributed by atoms with E-state index in [2.05, 4.69) is 83.1 Å². The number of ether oxygens (including phenoxy) is 5. The van der Waals surface area contributed by atoms with Crippen LogP contribution in [-0.4, -0.2) is 57.9 Å². The highest BCUT2D eigenvalue weighted by atomic mass is 16.6. The average molecular weight is 1450 g/mol. The van der Waals surface area contributed by atoms with Crippen LogP contribution >= 0.6 is 0 Å². The van der Waals surface area contributed by atoms with Gasteiger partial charge in [0.1, 0.15) is 28.0 Å². The first-order valence-electron chi connectivity index (χ1n) is 38.7. The molecule has 0 N–H and O–H groups in total. The van der Waals surface area contributed by atoms with E-state index in [1.54, 1.807) is 0 Å². The van der Waals surface area contributed by atoms with Gasteiger partial charge < -0.3 is 23.7 Å². The maximum atomic E-state index is 12.6. The summed E-state index contributed by atoms with van der Waals surface area (Å²) in [6, 6.07) is 0. The number of esters is 5. The van der Waals surface area contributed by atoms with Crippen molar-refractivity contribution >= 4 is 29.8 Å². The molecule has 10 nitrogen and oxygen atoms in total. The van der Waals surface area contributed by atoms with Gasteiger partial charge in [0.15, 0.2) is 0 Å². The Morgan fingerprint density at radius 2 is 0.676 bits per heavy atom. The van der Waals surface area contributed by atoms with Crippen LogP contribution in [-0.2, 0) is 47.7 Å². The van der Waals surface area contributed by atoms with Gasteiger partial charge in [-0.3, -0.25) is 24.0 Å². The van der Waals surface area contributed by atoms with E-state index in [0.29, 0.717) is 35.5 Å². The first-order chi connectivity index (χ1) is 42.5. The zero-order valence-corrected chi connectivity index (χ0v) is 63.7. The van der Waals surface area contributed by atoms with Crippen molar-refractivity contribution in [3.05, 3.63) is 0 Å². The fourth-order valence-corrected chi connectivity index (χ4v) is 19.6. The van der Waals surface area contributed by atoms with Crippen molar-refractivity contribution in [1.82, 2.24) is 0 Å². The van der Waals surface area contributed by atoms with Gasteiger partial charge in [0.2, 0.25) is 0 Å². The third kappa shape index (κ3) is 24.4. The van der Waals surface area contributed by atoms with Crippen LogP contribution in [0.15, 0.2) is 0 Å². The van der Waals surface area contributed by atoms with Crippen molar-refractivity contribution in [2.45, 2.75) is 448 Å². The van der Waals surface area contributed by atoms with E-state index >= 15 is 0 Å². The van der Waals surface area contributed by atoms with Gasteiger partial charge in [0.25, 0.3) is 0 Å². The van der Waals surface area contributed by atoms with E-state index in [0.717, 1.165) is 85.9 Å². The number of rotatable bonds is 17. The molecule has 0 radical (unpaired) electrons. The van der Waals surface area contributed by atoms with Crippen LogP contribution < -0.4 is 0 Å². The standard InChI is InChI=1S/C19H32O2.2C17H28O2.C16H30O2.C13H24O2.10CH4/c1-6-17(2,3)16(20)21-18(4,5)19-10-13-7-14(11-19)9-15(8-13)12-19;1-10(2)11(3)16(18)19-17(4)14-6-12-5-13(8-14)9-15(17)7-12;1-5-16(2,3)15(18)19-17(4)13-7-11-6-12(9-13)10-14(17)8-11;1-7-15(3,4)14(17)18-16(5,6)13-10-8-12(2)9-11-13;1-5-12(2,3)11(14)15-13(4)9-7-6-8-10-13;;;;;;;;;;/h13-15H,6-12H2,1-5H3;10-15H,5-9H2,1-4H3;11-14H,5-10H2,1-4H3;12-13H,7-11H2,1-6H3;5-10H2,1-4H3;10*1H4. The Bertz CT molecular complexity index is 2380. The van der Waals surface area contributed by atoms with Crippen molar-refractivity contribution in [2.75, 3.05) is 0 Å².